The van der Waals surface area contributed by atoms with Crippen molar-refractivity contribution >= 4 is 12.6 Å². The molecule has 1 atom stereocenters. The molecule has 0 bridgehead atoms. The van der Waals surface area contributed by atoms with E-state index in [-0.39, 0.29) is 5.75 Å². The van der Waals surface area contributed by atoms with Crippen LogP contribution in [-0.4, -0.2) is 5.44 Å². The second-order valence-corrected chi connectivity index (χ2v) is 3.00. The smallest absolute Gasteiger partial charge is 0.192 e. The summed E-state index contributed by atoms with van der Waals surface area (Å²) < 4.78 is 30.4. The zero-order valence-electron chi connectivity index (χ0n) is 6.42. The predicted octanol–water partition coefficient (Wildman–Crippen LogP) is 2.62. The first kappa shape index (κ1) is 9.32. The SMILES string of the molecule is CC(S)Oc1c(F)cccc1F. The summed E-state index contributed by atoms with van der Waals surface area (Å²) in [6.07, 6.45) is 0. The molecule has 0 saturated heterocycles. The molecule has 0 aliphatic rings. The van der Waals surface area contributed by atoms with Gasteiger partial charge in [-0.3, -0.25) is 0 Å². The minimum Gasteiger partial charge on any atom is -0.474 e. The Morgan fingerprint density at radius 2 is 1.83 bits per heavy atom. The van der Waals surface area contributed by atoms with Gasteiger partial charge < -0.3 is 4.74 Å². The second kappa shape index (κ2) is 3.76. The van der Waals surface area contributed by atoms with Gasteiger partial charge in [-0.2, -0.15) is 0 Å². The highest BCUT2D eigenvalue weighted by atomic mass is 32.1. The molecule has 0 fully saturated rings. The van der Waals surface area contributed by atoms with Gasteiger partial charge in [0.2, 0.25) is 0 Å². The lowest BCUT2D eigenvalue weighted by Crippen LogP contribution is -2.05. The van der Waals surface area contributed by atoms with Crippen molar-refractivity contribution in [3.05, 3.63) is 29.8 Å². The van der Waals surface area contributed by atoms with Crippen LogP contribution in [0.4, 0.5) is 8.78 Å². The molecule has 1 aromatic carbocycles. The molecule has 4 heteroatoms. The molecule has 0 N–H and O–H groups in total. The van der Waals surface area contributed by atoms with Crippen molar-refractivity contribution in [3.8, 4) is 5.75 Å². The van der Waals surface area contributed by atoms with Crippen LogP contribution in [0, 0.1) is 11.6 Å². The van der Waals surface area contributed by atoms with E-state index in [1.807, 2.05) is 0 Å². The molecule has 0 radical (unpaired) electrons. The van der Waals surface area contributed by atoms with E-state index in [4.69, 9.17) is 4.74 Å². The van der Waals surface area contributed by atoms with Crippen LogP contribution in [0.25, 0.3) is 0 Å². The average Bonchev–Trinajstić information content (AvgIpc) is 1.97. The molecule has 0 spiro atoms. The van der Waals surface area contributed by atoms with Crippen LogP contribution < -0.4 is 4.74 Å². The number of rotatable bonds is 2. The molecule has 0 heterocycles. The van der Waals surface area contributed by atoms with E-state index in [2.05, 4.69) is 12.6 Å². The number of hydrogen-bond donors (Lipinski definition) is 1. The Hall–Kier alpha value is -0.770. The van der Waals surface area contributed by atoms with Crippen molar-refractivity contribution in [3.63, 3.8) is 0 Å². The Morgan fingerprint density at radius 3 is 2.25 bits per heavy atom. The molecule has 1 rings (SSSR count). The number of thiol groups is 1. The van der Waals surface area contributed by atoms with Gasteiger partial charge in [0.1, 0.15) is 5.44 Å². The fourth-order valence-corrected chi connectivity index (χ4v) is 0.871. The van der Waals surface area contributed by atoms with Crippen molar-refractivity contribution in [2.45, 2.75) is 12.4 Å². The van der Waals surface area contributed by atoms with E-state index in [0.717, 1.165) is 12.1 Å². The Labute approximate surface area is 74.8 Å². The number of ether oxygens (including phenoxy) is 1. The molecule has 0 saturated carbocycles. The number of para-hydroxylation sites is 1. The maximum atomic E-state index is 12.8. The molecule has 1 aromatic rings. The molecule has 0 aliphatic heterocycles. The van der Waals surface area contributed by atoms with Crippen molar-refractivity contribution in [1.29, 1.82) is 0 Å². The first-order valence-corrected chi connectivity index (χ1v) is 3.91. The summed E-state index contributed by atoms with van der Waals surface area (Å²) in [6, 6.07) is 3.55. The third kappa shape index (κ3) is 2.11. The fraction of sp³-hybridized carbons (Fsp3) is 0.250. The van der Waals surface area contributed by atoms with Crippen LogP contribution in [0.15, 0.2) is 18.2 Å². The minimum atomic E-state index is -0.712. The van der Waals surface area contributed by atoms with Crippen molar-refractivity contribution in [2.24, 2.45) is 0 Å². The van der Waals surface area contributed by atoms with E-state index >= 15 is 0 Å². The second-order valence-electron chi connectivity index (χ2n) is 2.27. The largest absolute Gasteiger partial charge is 0.474 e. The summed E-state index contributed by atoms with van der Waals surface area (Å²) >= 11 is 3.85. The molecule has 0 aromatic heterocycles. The monoisotopic (exact) mass is 190 g/mol. The molecule has 12 heavy (non-hydrogen) atoms. The normalized spacial score (nSPS) is 12.7. The minimum absolute atomic E-state index is 0.375. The standard InChI is InChI=1S/C8H8F2OS/c1-5(12)11-8-6(9)3-2-4-7(8)10/h2-5,12H,1H3. The van der Waals surface area contributed by atoms with Crippen molar-refractivity contribution in [1.82, 2.24) is 0 Å². The molecule has 1 unspecified atom stereocenters. The fourth-order valence-electron chi connectivity index (χ4n) is 0.766. The zero-order valence-corrected chi connectivity index (χ0v) is 7.32. The van der Waals surface area contributed by atoms with Gasteiger partial charge in [-0.15, -0.1) is 12.6 Å². The van der Waals surface area contributed by atoms with Crippen molar-refractivity contribution in [2.75, 3.05) is 0 Å². The Morgan fingerprint density at radius 1 is 1.33 bits per heavy atom. The maximum Gasteiger partial charge on any atom is 0.192 e. The molecular weight excluding hydrogens is 182 g/mol. The van der Waals surface area contributed by atoms with Gasteiger partial charge in [0.05, 0.1) is 0 Å². The Balaban J connectivity index is 2.96. The summed E-state index contributed by atoms with van der Waals surface area (Å²) in [5, 5.41) is 0. The molecular formula is C8H8F2OS. The number of benzene rings is 1. The molecule has 0 aliphatic carbocycles. The highest BCUT2D eigenvalue weighted by Crippen LogP contribution is 2.22. The van der Waals surface area contributed by atoms with Crippen LogP contribution in [-0.2, 0) is 0 Å². The van der Waals surface area contributed by atoms with Crippen LogP contribution in [0.2, 0.25) is 0 Å². The summed E-state index contributed by atoms with van der Waals surface area (Å²) in [5.74, 6) is -1.80. The van der Waals surface area contributed by atoms with Crippen LogP contribution in [0.3, 0.4) is 0 Å². The van der Waals surface area contributed by atoms with Crippen LogP contribution >= 0.6 is 12.6 Å². The third-order valence-corrected chi connectivity index (χ3v) is 1.31. The summed E-state index contributed by atoms with van der Waals surface area (Å²) in [4.78, 5) is 0. The quantitative estimate of drug-likeness (QED) is 0.557. The van der Waals surface area contributed by atoms with Gasteiger partial charge in [0, 0.05) is 0 Å². The number of halogens is 2. The summed E-state index contributed by atoms with van der Waals surface area (Å²) in [7, 11) is 0. The van der Waals surface area contributed by atoms with Gasteiger partial charge in [-0.25, -0.2) is 8.78 Å². The molecule has 66 valence electrons. The zero-order chi connectivity index (χ0) is 9.14. The lowest BCUT2D eigenvalue weighted by atomic mass is 10.3. The lowest BCUT2D eigenvalue weighted by molar-refractivity contribution is 0.277. The van der Waals surface area contributed by atoms with E-state index < -0.39 is 17.1 Å². The first-order valence-electron chi connectivity index (χ1n) is 3.40. The van der Waals surface area contributed by atoms with Gasteiger partial charge >= 0.3 is 0 Å². The Bertz CT molecular complexity index is 256. The first-order chi connectivity index (χ1) is 5.61. The van der Waals surface area contributed by atoms with Gasteiger partial charge in [0.15, 0.2) is 17.4 Å². The summed E-state index contributed by atoms with van der Waals surface area (Å²) in [6.45, 7) is 1.58. The topological polar surface area (TPSA) is 9.23 Å². The average molecular weight is 190 g/mol. The predicted molar refractivity (Wildman–Crippen MR) is 45.4 cm³/mol. The summed E-state index contributed by atoms with van der Waals surface area (Å²) in [5.41, 5.74) is -0.531. The van der Waals surface area contributed by atoms with E-state index in [1.165, 1.54) is 6.07 Å². The lowest BCUT2D eigenvalue weighted by Gasteiger charge is -2.09. The number of hydrogen-bond acceptors (Lipinski definition) is 2. The highest BCUT2D eigenvalue weighted by molar-refractivity contribution is 7.80. The highest BCUT2D eigenvalue weighted by Gasteiger charge is 2.10. The third-order valence-electron chi connectivity index (χ3n) is 1.21. The van der Waals surface area contributed by atoms with Gasteiger partial charge in [-0.1, -0.05) is 6.07 Å². The van der Waals surface area contributed by atoms with Crippen LogP contribution in [0.1, 0.15) is 6.92 Å². The van der Waals surface area contributed by atoms with Gasteiger partial charge in [0.25, 0.3) is 0 Å². The van der Waals surface area contributed by atoms with E-state index in [0.29, 0.717) is 0 Å². The van der Waals surface area contributed by atoms with Gasteiger partial charge in [-0.05, 0) is 19.1 Å². The van der Waals surface area contributed by atoms with E-state index in [9.17, 15) is 8.78 Å². The maximum absolute atomic E-state index is 12.8. The van der Waals surface area contributed by atoms with Crippen molar-refractivity contribution < 1.29 is 13.5 Å². The molecule has 0 amide bonds. The van der Waals surface area contributed by atoms with Crippen LogP contribution in [0.5, 0.6) is 5.75 Å². The van der Waals surface area contributed by atoms with E-state index in [1.54, 1.807) is 6.92 Å². The Kier molecular flexibility index (Phi) is 2.92. The molecule has 1 nitrogen and oxygen atoms in total.